The molecule has 2 saturated heterocycles. The maximum absolute atomic E-state index is 12.2. The summed E-state index contributed by atoms with van der Waals surface area (Å²) in [7, 11) is -7.67. The first-order chi connectivity index (χ1) is 16.6. The van der Waals surface area contributed by atoms with Gasteiger partial charge in [0.15, 0.2) is 12.3 Å². The number of phosphoric ester groups is 2. The number of aryl methyl sites for hydroxylation is 1. The Morgan fingerprint density at radius 3 is 2.50 bits per heavy atom. The molecule has 0 bridgehead atoms. The molecule has 18 heteroatoms. The van der Waals surface area contributed by atoms with E-state index in [4.69, 9.17) is 14.0 Å². The van der Waals surface area contributed by atoms with Crippen LogP contribution < -0.4 is 25.9 Å². The number of rotatable bonds is 9. The highest BCUT2D eigenvalue weighted by Gasteiger charge is 2.41. The number of H-pyrrole nitrogens is 1. The van der Waals surface area contributed by atoms with E-state index in [0.29, 0.717) is 4.90 Å². The summed E-state index contributed by atoms with van der Waals surface area (Å²) in [5, 5.41) is 10.2. The number of likely N-dealkylation sites (N-methyl/N-ethyl adjacent to an activating group) is 1. The lowest BCUT2D eigenvalue weighted by atomic mass is 10.0. The Balaban J connectivity index is 1.58. The summed E-state index contributed by atoms with van der Waals surface area (Å²) in [6, 6.07) is -0.637. The van der Waals surface area contributed by atoms with Crippen molar-refractivity contribution < 1.29 is 56.5 Å². The third-order valence-corrected chi connectivity index (χ3v) is 8.29. The number of nitrogens with one attached hydrogen (secondary N) is 2. The standard InChI is InChI=1S/C18H29N3O13P2/c1-9-7-21(18(25)19-17(9)24)14-6-12(22)13(32-14)8-30-35(26,27)34-36(28,29)33-15-5-11(20(3)4)16(23)10(2)31-15/h7,10-15,22H,5-6,8H2,1-4H3,(H,26,27)(H,28,29)(H,19,24,25)/p-1/t10-,11-,12+,13-,14-,15-/m1/s1. The molecule has 0 aliphatic carbocycles. The van der Waals surface area contributed by atoms with Crippen molar-refractivity contribution in [2.45, 2.75) is 63.6 Å². The molecule has 3 N–H and O–H groups in total. The highest BCUT2D eigenvalue weighted by atomic mass is 31.3. The molecule has 3 heterocycles. The summed E-state index contributed by atoms with van der Waals surface area (Å²) >= 11 is 0. The lowest BCUT2D eigenvalue weighted by Crippen LogP contribution is -3.12. The third-order valence-electron chi connectivity index (χ3n) is 5.73. The maximum atomic E-state index is 12.2. The molecular weight excluding hydrogens is 528 g/mol. The van der Waals surface area contributed by atoms with Crippen LogP contribution in [-0.4, -0.2) is 71.8 Å². The van der Waals surface area contributed by atoms with E-state index >= 15 is 0 Å². The van der Waals surface area contributed by atoms with E-state index in [1.165, 1.54) is 20.0 Å². The van der Waals surface area contributed by atoms with Gasteiger partial charge in [-0.2, -0.15) is 0 Å². The minimum Gasteiger partial charge on any atom is -0.756 e. The second-order valence-electron chi connectivity index (χ2n) is 8.76. The highest BCUT2D eigenvalue weighted by molar-refractivity contribution is 7.59. The van der Waals surface area contributed by atoms with Crippen LogP contribution in [0.1, 0.15) is 31.6 Å². The molecule has 36 heavy (non-hydrogen) atoms. The van der Waals surface area contributed by atoms with Gasteiger partial charge in [-0.3, -0.25) is 32.8 Å². The number of Topliss-reactive ketones (excluding diaryl/α,β-unsaturated/α-hetero) is 1. The van der Waals surface area contributed by atoms with Gasteiger partial charge in [-0.15, -0.1) is 0 Å². The van der Waals surface area contributed by atoms with Crippen molar-refractivity contribution in [3.8, 4) is 0 Å². The smallest absolute Gasteiger partial charge is 0.330 e. The molecule has 2 aliphatic heterocycles. The van der Waals surface area contributed by atoms with Crippen LogP contribution in [0, 0.1) is 6.92 Å². The molecule has 1 aromatic heterocycles. The molecule has 2 fully saturated rings. The zero-order chi connectivity index (χ0) is 27.0. The normalized spacial score (nSPS) is 32.4. The Morgan fingerprint density at radius 1 is 1.19 bits per heavy atom. The van der Waals surface area contributed by atoms with Crippen LogP contribution in [0.5, 0.6) is 0 Å². The molecule has 0 radical (unpaired) electrons. The van der Waals surface area contributed by atoms with Gasteiger partial charge in [-0.05, 0) is 13.8 Å². The van der Waals surface area contributed by atoms with E-state index in [1.54, 1.807) is 14.1 Å². The number of aromatic nitrogens is 2. The van der Waals surface area contributed by atoms with Gasteiger partial charge in [0, 0.05) is 18.2 Å². The topological polar surface area (TPSA) is 223 Å². The Kier molecular flexibility index (Phi) is 8.91. The van der Waals surface area contributed by atoms with Gasteiger partial charge in [0.1, 0.15) is 18.4 Å². The molecule has 204 valence electrons. The molecule has 2 unspecified atom stereocenters. The number of aromatic amines is 1. The first kappa shape index (κ1) is 29.0. The van der Waals surface area contributed by atoms with Crippen LogP contribution in [0.4, 0.5) is 0 Å². The Morgan fingerprint density at radius 2 is 1.86 bits per heavy atom. The number of aliphatic hydroxyl groups excluding tert-OH is 1. The van der Waals surface area contributed by atoms with Crippen molar-refractivity contribution in [2.24, 2.45) is 0 Å². The first-order valence-electron chi connectivity index (χ1n) is 10.9. The molecule has 2 aliphatic rings. The number of ketones is 1. The zero-order valence-electron chi connectivity index (χ0n) is 19.9. The zero-order valence-corrected chi connectivity index (χ0v) is 21.6. The Bertz CT molecular complexity index is 1180. The van der Waals surface area contributed by atoms with E-state index in [9.17, 15) is 38.4 Å². The second-order valence-corrected chi connectivity index (χ2v) is 11.7. The first-order valence-corrected chi connectivity index (χ1v) is 13.8. The van der Waals surface area contributed by atoms with Crippen LogP contribution in [0.3, 0.4) is 0 Å². The summed E-state index contributed by atoms with van der Waals surface area (Å²) in [6.07, 6.45) is -5.12. The Hall–Kier alpha value is -1.55. The second kappa shape index (κ2) is 11.1. The molecule has 1 aromatic rings. The van der Waals surface area contributed by atoms with Crippen molar-refractivity contribution in [1.82, 2.24) is 9.55 Å². The number of carbonyl (C=O) groups excluding carboxylic acids is 1. The minimum atomic E-state index is -5.52. The number of quaternary nitrogens is 1. The predicted octanol–water partition coefficient (Wildman–Crippen LogP) is -3.30. The fourth-order valence-corrected chi connectivity index (χ4v) is 5.92. The van der Waals surface area contributed by atoms with Gasteiger partial charge in [-0.25, -0.2) is 9.11 Å². The number of hydrogen-bond acceptors (Lipinski definition) is 13. The van der Waals surface area contributed by atoms with E-state index in [0.717, 1.165) is 4.57 Å². The van der Waals surface area contributed by atoms with Gasteiger partial charge in [0.25, 0.3) is 21.2 Å². The number of nitrogens with zero attached hydrogens (tertiary/aromatic N) is 1. The SMILES string of the molecule is Cc1cn([C@H]2C[C@H](O)[C@@H](COP(=O)([O-])OP(=O)([O-])O[C@@H]3C[C@@H]([NH+](C)C)C(=O)[C@@H](C)O3)O2)c(=O)[nH]c1=O. The number of carbonyl (C=O) groups is 1. The predicted molar refractivity (Wildman–Crippen MR) is 114 cm³/mol. The minimum absolute atomic E-state index is 0.141. The van der Waals surface area contributed by atoms with Gasteiger partial charge in [0.05, 0.1) is 33.2 Å². The quantitative estimate of drug-likeness (QED) is 0.254. The van der Waals surface area contributed by atoms with Crippen molar-refractivity contribution in [3.63, 3.8) is 0 Å². The molecular formula is C18H28N3O13P2-. The van der Waals surface area contributed by atoms with Crippen LogP contribution in [0.15, 0.2) is 15.8 Å². The van der Waals surface area contributed by atoms with E-state index in [1.807, 2.05) is 0 Å². The van der Waals surface area contributed by atoms with E-state index < -0.39 is 70.4 Å². The monoisotopic (exact) mass is 556 g/mol. The van der Waals surface area contributed by atoms with Crippen LogP contribution >= 0.6 is 15.6 Å². The Labute approximate surface area is 204 Å². The van der Waals surface area contributed by atoms with Crippen LogP contribution in [0.2, 0.25) is 0 Å². The lowest BCUT2D eigenvalue weighted by Gasteiger charge is -2.37. The summed E-state index contributed by atoms with van der Waals surface area (Å²) in [5.74, 6) is -0.262. The van der Waals surface area contributed by atoms with E-state index in [-0.39, 0.29) is 24.2 Å². The van der Waals surface area contributed by atoms with Crippen LogP contribution in [-0.2, 0) is 36.8 Å². The molecule has 0 saturated carbocycles. The fraction of sp³-hybridized carbons (Fsp3) is 0.722. The van der Waals surface area contributed by atoms with Crippen molar-refractivity contribution in [2.75, 3.05) is 20.7 Å². The molecule has 3 rings (SSSR count). The number of hydrogen-bond donors (Lipinski definition) is 3. The van der Waals surface area contributed by atoms with Crippen molar-refractivity contribution in [1.29, 1.82) is 0 Å². The average molecular weight is 556 g/mol. The number of aliphatic hydroxyl groups is 1. The molecule has 8 atom stereocenters. The number of ether oxygens (including phenoxy) is 2. The van der Waals surface area contributed by atoms with Gasteiger partial charge >= 0.3 is 5.69 Å². The molecule has 16 nitrogen and oxygen atoms in total. The van der Waals surface area contributed by atoms with Gasteiger partial charge in [0.2, 0.25) is 5.78 Å². The maximum Gasteiger partial charge on any atom is 0.330 e. The van der Waals surface area contributed by atoms with Crippen LogP contribution in [0.25, 0.3) is 0 Å². The molecule has 0 aromatic carbocycles. The van der Waals surface area contributed by atoms with Gasteiger partial charge in [-0.1, -0.05) is 0 Å². The average Bonchev–Trinajstić information content (AvgIpc) is 3.10. The highest BCUT2D eigenvalue weighted by Crippen LogP contribution is 2.56. The van der Waals surface area contributed by atoms with E-state index in [2.05, 4.69) is 13.8 Å². The molecule has 0 amide bonds. The summed E-state index contributed by atoms with van der Waals surface area (Å²) in [5.41, 5.74) is -1.19. The van der Waals surface area contributed by atoms with Gasteiger partial charge < -0.3 is 33.8 Å². The van der Waals surface area contributed by atoms with Crippen molar-refractivity contribution >= 4 is 21.4 Å². The largest absolute Gasteiger partial charge is 0.756 e. The lowest BCUT2D eigenvalue weighted by molar-refractivity contribution is -0.877. The third kappa shape index (κ3) is 7.05. The summed E-state index contributed by atoms with van der Waals surface area (Å²) in [4.78, 5) is 62.8. The summed E-state index contributed by atoms with van der Waals surface area (Å²) in [6.45, 7) is 2.02. The number of phosphoric acid groups is 2. The summed E-state index contributed by atoms with van der Waals surface area (Å²) < 4.78 is 49.3. The van der Waals surface area contributed by atoms with Crippen molar-refractivity contribution in [3.05, 3.63) is 32.6 Å². The fourth-order valence-electron chi connectivity index (χ4n) is 3.84. The molecule has 0 spiro atoms.